The molecule has 0 radical (unpaired) electrons. The average Bonchev–Trinajstić information content (AvgIpc) is 3.66. The van der Waals surface area contributed by atoms with Crippen molar-refractivity contribution in [1.29, 1.82) is 0 Å². The molecule has 0 aliphatic rings. The Morgan fingerprint density at radius 2 is 0.918 bits per heavy atom. The largest absolute Gasteiger partial charge is 0.455 e. The van der Waals surface area contributed by atoms with Crippen LogP contribution in [0.3, 0.4) is 0 Å². The van der Waals surface area contributed by atoms with E-state index in [-0.39, 0.29) is 28.6 Å². The Balaban J connectivity index is 1.24. The van der Waals surface area contributed by atoms with Gasteiger partial charge >= 0.3 is 0 Å². The van der Waals surface area contributed by atoms with E-state index in [1.165, 1.54) is 5.39 Å². The van der Waals surface area contributed by atoms with Crippen molar-refractivity contribution in [3.63, 3.8) is 0 Å². The fraction of sp³-hybridized carbons (Fsp3) is 0. The van der Waals surface area contributed by atoms with E-state index in [2.05, 4.69) is 63.5 Å². The summed E-state index contributed by atoms with van der Waals surface area (Å²) in [4.78, 5) is 13.8. The molecule has 2 aromatic heterocycles. The highest BCUT2D eigenvalue weighted by molar-refractivity contribution is 6.26. The Morgan fingerprint density at radius 3 is 1.55 bits per heavy atom. The van der Waals surface area contributed by atoms with Gasteiger partial charge in [0.15, 0.2) is 17.5 Å². The van der Waals surface area contributed by atoms with Crippen molar-refractivity contribution in [3.8, 4) is 45.3 Å². The zero-order valence-corrected chi connectivity index (χ0v) is 25.6. The van der Waals surface area contributed by atoms with Crippen LogP contribution in [0.4, 0.5) is 0 Å². The van der Waals surface area contributed by atoms with E-state index in [0.717, 1.165) is 38.1 Å². The second-order valence-electron chi connectivity index (χ2n) is 11.6. The number of hydrogen-bond donors (Lipinski definition) is 0. The molecule has 0 bridgehead atoms. The Labute approximate surface area is 296 Å². The van der Waals surface area contributed by atoms with Crippen LogP contribution < -0.4 is 0 Å². The van der Waals surface area contributed by atoms with Gasteiger partial charge in [-0.1, -0.05) is 151 Å². The number of aromatic nitrogens is 3. The average molecular weight is 636 g/mol. The third kappa shape index (κ3) is 4.42. The molecule has 4 heteroatoms. The van der Waals surface area contributed by atoms with Crippen LogP contribution in [-0.2, 0) is 0 Å². The molecule has 0 saturated heterocycles. The number of nitrogens with zero attached hydrogens (tertiary/aromatic N) is 3. The van der Waals surface area contributed by atoms with Gasteiger partial charge in [0, 0.05) is 33.0 Å². The van der Waals surface area contributed by atoms with E-state index in [0.29, 0.717) is 27.5 Å². The highest BCUT2D eigenvalue weighted by Gasteiger charge is 2.20. The lowest BCUT2D eigenvalue weighted by atomic mass is 9.91. The number of rotatable bonds is 4. The minimum Gasteiger partial charge on any atom is -0.455 e. The van der Waals surface area contributed by atoms with Crippen LogP contribution in [0.25, 0.3) is 99.5 Å². The lowest BCUT2D eigenvalue weighted by Crippen LogP contribution is -2.00. The molecule has 0 saturated carbocycles. The molecule has 0 aliphatic heterocycles. The third-order valence-electron chi connectivity index (χ3n) is 8.90. The van der Waals surface area contributed by atoms with Crippen molar-refractivity contribution in [1.82, 2.24) is 15.0 Å². The Morgan fingerprint density at radius 1 is 0.408 bits per heavy atom. The van der Waals surface area contributed by atoms with Gasteiger partial charge in [0.05, 0.1) is 13.7 Å². The van der Waals surface area contributed by atoms with Crippen LogP contribution in [0.1, 0.15) is 13.7 Å². The molecule has 0 amide bonds. The normalized spacial score (nSPS) is 14.5. The molecular formula is C45H27N3O. The van der Waals surface area contributed by atoms with Crippen molar-refractivity contribution < 1.29 is 18.1 Å². The number of fused-ring (bicyclic) bond motifs is 9. The number of benzene rings is 8. The van der Waals surface area contributed by atoms with Gasteiger partial charge in [-0.3, -0.25) is 0 Å². The minimum absolute atomic E-state index is 0.0358. The van der Waals surface area contributed by atoms with E-state index in [9.17, 15) is 0 Å². The monoisotopic (exact) mass is 635 g/mol. The molecule has 2 heterocycles. The third-order valence-corrected chi connectivity index (χ3v) is 8.90. The van der Waals surface area contributed by atoms with E-state index >= 15 is 0 Å². The minimum atomic E-state index is -0.613. The van der Waals surface area contributed by atoms with E-state index < -0.39 is 60.4 Å². The smallest absolute Gasteiger partial charge is 0.164 e. The van der Waals surface area contributed by atoms with Gasteiger partial charge < -0.3 is 4.42 Å². The highest BCUT2D eigenvalue weighted by Crippen LogP contribution is 2.42. The summed E-state index contributed by atoms with van der Waals surface area (Å²) in [7, 11) is 0. The van der Waals surface area contributed by atoms with Crippen molar-refractivity contribution in [3.05, 3.63) is 164 Å². The molecule has 49 heavy (non-hydrogen) atoms. The van der Waals surface area contributed by atoms with Gasteiger partial charge in [-0.2, -0.15) is 0 Å². The van der Waals surface area contributed by atoms with Crippen molar-refractivity contribution in [2.75, 3.05) is 0 Å². The van der Waals surface area contributed by atoms with Crippen LogP contribution in [0, 0.1) is 0 Å². The van der Waals surface area contributed by atoms with Crippen LogP contribution in [0.2, 0.25) is 0 Å². The molecule has 4 nitrogen and oxygen atoms in total. The molecule has 0 aliphatic carbocycles. The second-order valence-corrected chi connectivity index (χ2v) is 11.6. The van der Waals surface area contributed by atoms with Crippen LogP contribution >= 0.6 is 0 Å². The lowest BCUT2D eigenvalue weighted by Gasteiger charge is -2.12. The standard InChI is InChI=1S/C45H27N3O/c1-3-13-28(14-4-1)43-46-44(29-15-5-2-6-16-29)48-45(47-43)38-23-12-24-40-41(38)37-22-11-21-31(42(37)49-40)30-25-26-36-34-19-8-7-17-32(34)33-18-9-10-20-35(33)39(36)27-30/h1-27H/i1D,2D,3D,4D,5D,6D,13D,14D,15D,16D. The van der Waals surface area contributed by atoms with Gasteiger partial charge in [0.2, 0.25) is 0 Å². The molecular weight excluding hydrogens is 599 g/mol. The highest BCUT2D eigenvalue weighted by atomic mass is 16.3. The Bertz CT molecular complexity index is 3300. The molecule has 0 spiro atoms. The molecule has 228 valence electrons. The summed E-state index contributed by atoms with van der Waals surface area (Å²) in [6.45, 7) is 0. The summed E-state index contributed by atoms with van der Waals surface area (Å²) in [6.07, 6.45) is 0. The molecule has 8 aromatic carbocycles. The first-order valence-electron chi connectivity index (χ1n) is 20.6. The van der Waals surface area contributed by atoms with Gasteiger partial charge in [0.1, 0.15) is 11.2 Å². The first-order chi connectivity index (χ1) is 28.4. The van der Waals surface area contributed by atoms with Crippen molar-refractivity contribution in [2.24, 2.45) is 0 Å². The van der Waals surface area contributed by atoms with Crippen LogP contribution in [0.15, 0.2) is 168 Å². The Hall–Kier alpha value is -6.65. The van der Waals surface area contributed by atoms with Crippen LogP contribution in [0.5, 0.6) is 0 Å². The van der Waals surface area contributed by atoms with E-state index in [1.54, 1.807) is 18.2 Å². The van der Waals surface area contributed by atoms with Crippen molar-refractivity contribution in [2.45, 2.75) is 0 Å². The first kappa shape index (κ1) is 19.2. The maximum Gasteiger partial charge on any atom is 0.164 e. The molecule has 0 N–H and O–H groups in total. The van der Waals surface area contributed by atoms with Gasteiger partial charge in [-0.25, -0.2) is 15.0 Å². The second kappa shape index (κ2) is 11.0. The quantitative estimate of drug-likeness (QED) is 0.181. The SMILES string of the molecule is [2H]c1c([2H])c([2H])c(-c2nc(-c3c([2H])c([2H])c([2H])c([2H])c3[2H])nc(-c3cccc4oc5c(-c6ccc7c8ccccc8c8ccccc8c7c6)cccc5c34)n2)c([2H])c1[2H]. The molecule has 10 aromatic rings. The fourth-order valence-corrected chi connectivity index (χ4v) is 6.78. The van der Waals surface area contributed by atoms with E-state index in [4.69, 9.17) is 18.1 Å². The van der Waals surface area contributed by atoms with E-state index in [1.807, 2.05) is 36.4 Å². The number of furan rings is 1. The van der Waals surface area contributed by atoms with Crippen LogP contribution in [-0.4, -0.2) is 15.0 Å². The summed E-state index contributed by atoms with van der Waals surface area (Å²) >= 11 is 0. The number of hydrogen-bond acceptors (Lipinski definition) is 4. The summed E-state index contributed by atoms with van der Waals surface area (Å²) in [6, 6.07) is 28.3. The summed E-state index contributed by atoms with van der Waals surface area (Å²) in [5, 5.41) is 8.15. The Kier molecular flexibility index (Phi) is 4.31. The topological polar surface area (TPSA) is 51.8 Å². The fourth-order valence-electron chi connectivity index (χ4n) is 6.78. The molecule has 0 fully saturated rings. The zero-order chi connectivity index (χ0) is 41.0. The number of para-hydroxylation sites is 1. The molecule has 0 atom stereocenters. The lowest BCUT2D eigenvalue weighted by molar-refractivity contribution is 0.670. The summed E-state index contributed by atoms with van der Waals surface area (Å²) in [5.41, 5.74) is 2.57. The molecule has 0 unspecified atom stereocenters. The van der Waals surface area contributed by atoms with Gasteiger partial charge in [0.25, 0.3) is 0 Å². The predicted molar refractivity (Wildman–Crippen MR) is 201 cm³/mol. The van der Waals surface area contributed by atoms with Gasteiger partial charge in [-0.15, -0.1) is 0 Å². The zero-order valence-electron chi connectivity index (χ0n) is 35.6. The predicted octanol–water partition coefficient (Wildman–Crippen LogP) is 11.9. The molecule has 10 rings (SSSR count). The summed E-state index contributed by atoms with van der Waals surface area (Å²) < 4.78 is 91.1. The maximum absolute atomic E-state index is 8.71. The summed E-state index contributed by atoms with van der Waals surface area (Å²) in [5.74, 6) is -0.711. The first-order valence-corrected chi connectivity index (χ1v) is 15.6. The van der Waals surface area contributed by atoms with Gasteiger partial charge in [-0.05, 0) is 50.0 Å². The maximum atomic E-state index is 8.71. The van der Waals surface area contributed by atoms with Crippen molar-refractivity contribution >= 4 is 54.3 Å².